The Morgan fingerprint density at radius 3 is 2.64 bits per heavy atom. The third-order valence-electron chi connectivity index (χ3n) is 8.88. The Morgan fingerprint density at radius 2 is 1.96 bits per heavy atom. The molecule has 4 heterocycles. The van der Waals surface area contributed by atoms with Crippen LogP contribution in [0.1, 0.15) is 64.6 Å². The van der Waals surface area contributed by atoms with Crippen LogP contribution in [0.2, 0.25) is 5.02 Å². The number of methoxy groups -OCH3 is 1. The summed E-state index contributed by atoms with van der Waals surface area (Å²) in [5.41, 5.74) is 7.00. The molecule has 3 atom stereocenters. The van der Waals surface area contributed by atoms with Gasteiger partial charge in [0.25, 0.3) is 0 Å². The van der Waals surface area contributed by atoms with Crippen LogP contribution in [0.3, 0.4) is 0 Å². The second kappa shape index (κ2) is 12.0. The van der Waals surface area contributed by atoms with E-state index < -0.39 is 29.9 Å². The van der Waals surface area contributed by atoms with Crippen molar-refractivity contribution in [2.75, 3.05) is 19.4 Å². The van der Waals surface area contributed by atoms with E-state index in [-0.39, 0.29) is 17.2 Å². The molecule has 2 aliphatic rings. The van der Waals surface area contributed by atoms with E-state index in [1.54, 1.807) is 13.4 Å². The highest BCUT2D eigenvalue weighted by molar-refractivity contribution is 6.32. The number of anilines is 1. The summed E-state index contributed by atoms with van der Waals surface area (Å²) in [5, 5.41) is -0.348. The molecule has 2 fully saturated rings. The summed E-state index contributed by atoms with van der Waals surface area (Å²) in [4.78, 5) is 22.8. The molecule has 1 aliphatic carbocycles. The number of aryl methyl sites for hydroxylation is 1. The summed E-state index contributed by atoms with van der Waals surface area (Å²) in [6.07, 6.45) is 0.735. The van der Waals surface area contributed by atoms with Crippen LogP contribution in [0.5, 0.6) is 0 Å². The normalized spacial score (nSPS) is 24.2. The first-order chi connectivity index (χ1) is 21.2. The first-order valence-corrected chi connectivity index (χ1v) is 15.4. The Morgan fingerprint density at radius 1 is 1.20 bits per heavy atom. The predicted octanol–water partition coefficient (Wildman–Crippen LogP) is 5.74. The van der Waals surface area contributed by atoms with Crippen LogP contribution in [0.4, 0.5) is 19.0 Å². The number of imidazole rings is 2. The van der Waals surface area contributed by atoms with E-state index >= 15 is 0 Å². The smallest absolute Gasteiger partial charge is 0.382 e. The largest absolute Gasteiger partial charge is 0.417 e. The summed E-state index contributed by atoms with van der Waals surface area (Å²) in [6.45, 7) is 8.72. The van der Waals surface area contributed by atoms with Crippen LogP contribution in [0, 0.1) is 5.92 Å². The first-order valence-electron chi connectivity index (χ1n) is 15.1. The number of hydrogen-bond donors (Lipinski definition) is 2. The van der Waals surface area contributed by atoms with Crippen molar-refractivity contribution >= 4 is 39.6 Å². The minimum absolute atomic E-state index is 0.256. The summed E-state index contributed by atoms with van der Waals surface area (Å²) in [6, 6.07) is 2.91. The number of nitrogen functional groups attached to an aromatic ring is 1. The van der Waals surface area contributed by atoms with Gasteiger partial charge in [0, 0.05) is 32.2 Å². The fourth-order valence-corrected chi connectivity index (χ4v) is 6.84. The van der Waals surface area contributed by atoms with E-state index in [1.165, 1.54) is 12.4 Å². The van der Waals surface area contributed by atoms with Gasteiger partial charge in [0.15, 0.2) is 23.5 Å². The zero-order chi connectivity index (χ0) is 32.3. The lowest BCUT2D eigenvalue weighted by atomic mass is 9.76. The topological polar surface area (TPSA) is 129 Å². The van der Waals surface area contributed by atoms with Crippen molar-refractivity contribution in [2.45, 2.75) is 95.9 Å². The molecule has 0 unspecified atom stereocenters. The monoisotopic (exact) mass is 650 g/mol. The fourth-order valence-electron chi connectivity index (χ4n) is 6.57. The van der Waals surface area contributed by atoms with E-state index in [9.17, 15) is 13.2 Å². The average molecular weight is 651 g/mol. The SMILES string of the molecule is CO[C@H](CN(C(C)C)C1CC(CCc2nc3cc(Cl)c(C(F)(F)F)cc3[nH]2)C1)[C@H]1OC(C)(C)O[C@H]1n1cnc2c(N)ncnc21. The van der Waals surface area contributed by atoms with Gasteiger partial charge in [0.1, 0.15) is 29.9 Å². The van der Waals surface area contributed by atoms with Gasteiger partial charge in [-0.05, 0) is 65.0 Å². The molecule has 1 aromatic carbocycles. The fraction of sp³-hybridized carbons (Fsp3) is 0.600. The van der Waals surface area contributed by atoms with Gasteiger partial charge in [0.2, 0.25) is 0 Å². The number of rotatable bonds is 10. The third kappa shape index (κ3) is 6.35. The Labute approximate surface area is 263 Å². The van der Waals surface area contributed by atoms with Gasteiger partial charge >= 0.3 is 6.18 Å². The lowest BCUT2D eigenvalue weighted by Crippen LogP contribution is -2.53. The zero-order valence-corrected chi connectivity index (χ0v) is 26.6. The summed E-state index contributed by atoms with van der Waals surface area (Å²) in [7, 11) is 1.68. The molecule has 11 nitrogen and oxygen atoms in total. The second-order valence-corrected chi connectivity index (χ2v) is 13.1. The van der Waals surface area contributed by atoms with Crippen molar-refractivity contribution in [3.8, 4) is 0 Å². The Kier molecular flexibility index (Phi) is 8.48. The van der Waals surface area contributed by atoms with Crippen molar-refractivity contribution in [3.05, 3.63) is 41.2 Å². The molecule has 3 N–H and O–H groups in total. The molecule has 1 aliphatic heterocycles. The van der Waals surface area contributed by atoms with E-state index in [1.807, 2.05) is 18.4 Å². The highest BCUT2D eigenvalue weighted by Crippen LogP contribution is 2.41. The number of ether oxygens (including phenoxy) is 3. The van der Waals surface area contributed by atoms with E-state index in [0.717, 1.165) is 25.3 Å². The van der Waals surface area contributed by atoms with E-state index in [4.69, 9.17) is 31.5 Å². The maximum atomic E-state index is 13.3. The van der Waals surface area contributed by atoms with Crippen LogP contribution in [0.25, 0.3) is 22.2 Å². The molecule has 0 radical (unpaired) electrons. The number of aromatic amines is 1. The number of halogens is 4. The standard InChI is InChI=1S/C30H38ClF3N8O3/c1-15(2)41(17-8-16(9-17)6-7-23-39-20-10-18(30(32,33)34)19(31)11-21(20)40-23)12-22(43-5)25-28(45-29(3,4)44-25)42-14-38-24-26(35)36-13-37-27(24)42/h10-11,13-17,22,25,28H,6-9,12H2,1-5H3,(H,39,40)(H2,35,36,37)/t16?,17?,22-,25-,28-/m1/s1. The number of alkyl halides is 3. The van der Waals surface area contributed by atoms with Crippen molar-refractivity contribution in [2.24, 2.45) is 5.92 Å². The molecular weight excluding hydrogens is 613 g/mol. The van der Waals surface area contributed by atoms with Gasteiger partial charge in [-0.25, -0.2) is 19.9 Å². The summed E-state index contributed by atoms with van der Waals surface area (Å²) < 4.78 is 60.5. The quantitative estimate of drug-likeness (QED) is 0.221. The molecule has 0 bridgehead atoms. The minimum Gasteiger partial charge on any atom is -0.382 e. The van der Waals surface area contributed by atoms with Crippen LogP contribution in [0.15, 0.2) is 24.8 Å². The van der Waals surface area contributed by atoms with Gasteiger partial charge in [-0.3, -0.25) is 9.47 Å². The third-order valence-corrected chi connectivity index (χ3v) is 9.20. The van der Waals surface area contributed by atoms with Crippen LogP contribution < -0.4 is 5.73 Å². The summed E-state index contributed by atoms with van der Waals surface area (Å²) >= 11 is 5.88. The molecule has 1 saturated carbocycles. The Hall–Kier alpha value is -3.04. The molecule has 3 aromatic heterocycles. The second-order valence-electron chi connectivity index (χ2n) is 12.7. The maximum absolute atomic E-state index is 13.3. The molecule has 6 rings (SSSR count). The number of hydrogen-bond acceptors (Lipinski definition) is 9. The van der Waals surface area contributed by atoms with Gasteiger partial charge in [-0.2, -0.15) is 13.2 Å². The molecule has 0 amide bonds. The summed E-state index contributed by atoms with van der Waals surface area (Å²) in [5.74, 6) is 0.569. The van der Waals surface area contributed by atoms with Gasteiger partial charge in [0.05, 0.1) is 27.9 Å². The van der Waals surface area contributed by atoms with Crippen molar-refractivity contribution in [1.29, 1.82) is 0 Å². The molecule has 0 spiro atoms. The number of H-pyrrole nitrogens is 1. The average Bonchev–Trinajstić information content (AvgIpc) is 3.62. The molecule has 244 valence electrons. The van der Waals surface area contributed by atoms with E-state index in [0.29, 0.717) is 58.8 Å². The van der Waals surface area contributed by atoms with Gasteiger partial charge < -0.3 is 24.9 Å². The minimum atomic E-state index is -4.52. The lowest BCUT2D eigenvalue weighted by molar-refractivity contribution is -0.163. The number of nitrogens with zero attached hydrogens (tertiary/aromatic N) is 6. The molecule has 15 heteroatoms. The van der Waals surface area contributed by atoms with Gasteiger partial charge in [-0.1, -0.05) is 11.6 Å². The van der Waals surface area contributed by atoms with Crippen LogP contribution in [-0.4, -0.2) is 78.1 Å². The number of fused-ring (bicyclic) bond motifs is 2. The zero-order valence-electron chi connectivity index (χ0n) is 25.8. The highest BCUT2D eigenvalue weighted by atomic mass is 35.5. The lowest BCUT2D eigenvalue weighted by Gasteiger charge is -2.46. The molecular formula is C30H38ClF3N8O3. The Bertz CT molecular complexity index is 1670. The number of aromatic nitrogens is 6. The van der Waals surface area contributed by atoms with Crippen molar-refractivity contribution < 1.29 is 27.4 Å². The molecule has 4 aromatic rings. The van der Waals surface area contributed by atoms with Gasteiger partial charge in [-0.15, -0.1) is 0 Å². The number of benzene rings is 1. The first kappa shape index (κ1) is 31.9. The highest BCUT2D eigenvalue weighted by Gasteiger charge is 2.48. The predicted molar refractivity (Wildman–Crippen MR) is 162 cm³/mol. The number of nitrogens with one attached hydrogen (secondary N) is 1. The molecule has 45 heavy (non-hydrogen) atoms. The molecule has 1 saturated heterocycles. The van der Waals surface area contributed by atoms with Crippen molar-refractivity contribution in [1.82, 2.24) is 34.4 Å². The van der Waals surface area contributed by atoms with E-state index in [2.05, 4.69) is 43.7 Å². The van der Waals surface area contributed by atoms with Crippen LogP contribution >= 0.6 is 11.6 Å². The number of nitrogens with two attached hydrogens (primary N) is 1. The maximum Gasteiger partial charge on any atom is 0.417 e. The van der Waals surface area contributed by atoms with Crippen molar-refractivity contribution in [3.63, 3.8) is 0 Å². The van der Waals surface area contributed by atoms with Crippen LogP contribution in [-0.2, 0) is 26.8 Å². The Balaban J connectivity index is 1.11.